The van der Waals surface area contributed by atoms with E-state index in [-0.39, 0.29) is 24.5 Å². The Labute approximate surface area is 136 Å². The number of rotatable bonds is 5. The molecule has 0 aliphatic carbocycles. The molecule has 118 valence electrons. The number of oxazole rings is 1. The highest BCUT2D eigenvalue weighted by atomic mass is 35.5. The summed E-state index contributed by atoms with van der Waals surface area (Å²) in [6, 6.07) is 7.45. The molecule has 0 fully saturated rings. The van der Waals surface area contributed by atoms with Crippen LogP contribution in [0.4, 0.5) is 0 Å². The van der Waals surface area contributed by atoms with Gasteiger partial charge >= 0.3 is 5.97 Å². The molecular formula is C16H13ClN2O4. The van der Waals surface area contributed by atoms with Gasteiger partial charge < -0.3 is 14.6 Å². The molecule has 3 aromatic rings. The Balaban J connectivity index is 1.92. The molecule has 0 atom stereocenters. The third-order valence-corrected chi connectivity index (χ3v) is 3.56. The molecule has 0 radical (unpaired) electrons. The van der Waals surface area contributed by atoms with E-state index < -0.39 is 5.97 Å². The maximum Gasteiger partial charge on any atom is 0.373 e. The molecule has 2 N–H and O–H groups in total. The molecule has 0 spiro atoms. The SMILES string of the molecule is O=C(O)c1oc(Cc2ccc3ncc(Cl)cc3c2)nc1CCO. The van der Waals surface area contributed by atoms with Gasteiger partial charge in [0.2, 0.25) is 5.76 Å². The summed E-state index contributed by atoms with van der Waals surface area (Å²) < 4.78 is 5.31. The standard InChI is InChI=1S/C16H13ClN2O4/c17-11-7-10-5-9(1-2-12(10)18-8-11)6-14-19-13(3-4-20)15(23-14)16(21)22/h1-2,5,7-8,20H,3-4,6H2,(H,21,22). The summed E-state index contributed by atoms with van der Waals surface area (Å²) in [5, 5.41) is 19.5. The van der Waals surface area contributed by atoms with Crippen LogP contribution < -0.4 is 0 Å². The van der Waals surface area contributed by atoms with Crippen LogP contribution in [0.5, 0.6) is 0 Å². The number of aromatic nitrogens is 2. The van der Waals surface area contributed by atoms with Gasteiger partial charge in [0.05, 0.1) is 16.2 Å². The van der Waals surface area contributed by atoms with Gasteiger partial charge in [-0.1, -0.05) is 17.7 Å². The van der Waals surface area contributed by atoms with Gasteiger partial charge in [-0.3, -0.25) is 4.98 Å². The average Bonchev–Trinajstić information content (AvgIpc) is 2.90. The molecule has 0 aliphatic rings. The Kier molecular flexibility index (Phi) is 4.27. The van der Waals surface area contributed by atoms with Gasteiger partial charge in [-0.2, -0.15) is 0 Å². The van der Waals surface area contributed by atoms with Crippen LogP contribution in [-0.4, -0.2) is 32.8 Å². The van der Waals surface area contributed by atoms with Crippen LogP contribution in [0.15, 0.2) is 34.9 Å². The fourth-order valence-electron chi connectivity index (χ4n) is 2.36. The lowest BCUT2D eigenvalue weighted by atomic mass is 10.1. The first-order chi connectivity index (χ1) is 11.1. The Bertz CT molecular complexity index is 876. The van der Waals surface area contributed by atoms with Crippen LogP contribution in [0.1, 0.15) is 27.7 Å². The average molecular weight is 333 g/mol. The van der Waals surface area contributed by atoms with E-state index in [1.165, 1.54) is 0 Å². The van der Waals surface area contributed by atoms with E-state index in [1.807, 2.05) is 24.3 Å². The third-order valence-electron chi connectivity index (χ3n) is 3.35. The van der Waals surface area contributed by atoms with Crippen molar-refractivity contribution in [2.75, 3.05) is 6.61 Å². The van der Waals surface area contributed by atoms with Gasteiger partial charge in [0.1, 0.15) is 0 Å². The molecule has 0 aliphatic heterocycles. The van der Waals surface area contributed by atoms with E-state index in [9.17, 15) is 4.79 Å². The van der Waals surface area contributed by atoms with Crippen molar-refractivity contribution in [2.24, 2.45) is 0 Å². The van der Waals surface area contributed by atoms with Crippen molar-refractivity contribution >= 4 is 28.5 Å². The minimum Gasteiger partial charge on any atom is -0.475 e. The molecule has 2 heterocycles. The largest absolute Gasteiger partial charge is 0.475 e. The molecule has 0 unspecified atom stereocenters. The number of halogens is 1. The molecule has 1 aromatic carbocycles. The number of hydrogen-bond donors (Lipinski definition) is 2. The summed E-state index contributed by atoms with van der Waals surface area (Å²) in [7, 11) is 0. The number of hydrogen-bond acceptors (Lipinski definition) is 5. The van der Waals surface area contributed by atoms with Crippen molar-refractivity contribution in [2.45, 2.75) is 12.8 Å². The van der Waals surface area contributed by atoms with E-state index in [4.69, 9.17) is 26.2 Å². The predicted octanol–water partition coefficient (Wildman–Crippen LogP) is 2.70. The molecule has 2 aromatic heterocycles. The van der Waals surface area contributed by atoms with Crippen LogP contribution in [0.2, 0.25) is 5.02 Å². The topological polar surface area (TPSA) is 96.5 Å². The number of benzene rings is 1. The number of fused-ring (bicyclic) bond motifs is 1. The van der Waals surface area contributed by atoms with Crippen molar-refractivity contribution in [1.82, 2.24) is 9.97 Å². The first-order valence-electron chi connectivity index (χ1n) is 6.93. The third kappa shape index (κ3) is 3.33. The fraction of sp³-hybridized carbons (Fsp3) is 0.188. The second-order valence-corrected chi connectivity index (χ2v) is 5.46. The monoisotopic (exact) mass is 332 g/mol. The van der Waals surface area contributed by atoms with Crippen LogP contribution in [0.25, 0.3) is 10.9 Å². The number of nitrogens with zero attached hydrogens (tertiary/aromatic N) is 2. The van der Waals surface area contributed by atoms with Crippen molar-refractivity contribution in [3.05, 3.63) is 58.4 Å². The van der Waals surface area contributed by atoms with Gasteiger partial charge in [-0.25, -0.2) is 9.78 Å². The number of aliphatic hydroxyl groups excluding tert-OH is 1. The molecule has 0 saturated carbocycles. The Morgan fingerprint density at radius 2 is 2.13 bits per heavy atom. The van der Waals surface area contributed by atoms with E-state index >= 15 is 0 Å². The van der Waals surface area contributed by atoms with Crippen LogP contribution in [0, 0.1) is 0 Å². The summed E-state index contributed by atoms with van der Waals surface area (Å²) in [5.41, 5.74) is 1.97. The highest BCUT2D eigenvalue weighted by molar-refractivity contribution is 6.31. The molecular weight excluding hydrogens is 320 g/mol. The fourth-order valence-corrected chi connectivity index (χ4v) is 2.52. The predicted molar refractivity (Wildman–Crippen MR) is 83.8 cm³/mol. The zero-order chi connectivity index (χ0) is 16.4. The number of aliphatic hydroxyl groups is 1. The van der Waals surface area contributed by atoms with Crippen LogP contribution in [-0.2, 0) is 12.8 Å². The smallest absolute Gasteiger partial charge is 0.373 e. The van der Waals surface area contributed by atoms with E-state index in [1.54, 1.807) is 6.20 Å². The highest BCUT2D eigenvalue weighted by Gasteiger charge is 2.19. The molecule has 6 nitrogen and oxygen atoms in total. The molecule has 0 saturated heterocycles. The van der Waals surface area contributed by atoms with Crippen molar-refractivity contribution in [1.29, 1.82) is 0 Å². The van der Waals surface area contributed by atoms with Gasteiger partial charge in [-0.05, 0) is 23.8 Å². The maximum absolute atomic E-state index is 11.1. The quantitative estimate of drug-likeness (QED) is 0.745. The Hall–Kier alpha value is -2.44. The van der Waals surface area contributed by atoms with Crippen molar-refractivity contribution in [3.8, 4) is 0 Å². The minimum absolute atomic E-state index is 0.141. The van der Waals surface area contributed by atoms with E-state index in [0.29, 0.717) is 17.3 Å². The lowest BCUT2D eigenvalue weighted by molar-refractivity contribution is 0.0658. The van der Waals surface area contributed by atoms with Gasteiger partial charge in [0.25, 0.3) is 0 Å². The molecule has 0 amide bonds. The van der Waals surface area contributed by atoms with Crippen molar-refractivity contribution in [3.63, 3.8) is 0 Å². The number of carboxylic acids is 1. The molecule has 7 heteroatoms. The molecule has 23 heavy (non-hydrogen) atoms. The lowest BCUT2D eigenvalue weighted by Gasteiger charge is -2.01. The summed E-state index contributed by atoms with van der Waals surface area (Å²) >= 11 is 5.94. The summed E-state index contributed by atoms with van der Waals surface area (Å²) in [4.78, 5) is 19.5. The number of carboxylic acid groups (broad SMARTS) is 1. The second kappa shape index (κ2) is 6.36. The van der Waals surface area contributed by atoms with E-state index in [0.717, 1.165) is 16.5 Å². The van der Waals surface area contributed by atoms with Crippen LogP contribution in [0.3, 0.4) is 0 Å². The number of carbonyl (C=O) groups is 1. The first-order valence-corrected chi connectivity index (χ1v) is 7.31. The summed E-state index contributed by atoms with van der Waals surface area (Å²) in [6.07, 6.45) is 2.06. The van der Waals surface area contributed by atoms with Gasteiger partial charge in [0.15, 0.2) is 5.89 Å². The molecule has 0 bridgehead atoms. The van der Waals surface area contributed by atoms with Gasteiger partial charge in [0, 0.05) is 31.0 Å². The van der Waals surface area contributed by atoms with Crippen LogP contribution >= 0.6 is 11.6 Å². The maximum atomic E-state index is 11.1. The Morgan fingerprint density at radius 1 is 1.30 bits per heavy atom. The molecule has 3 rings (SSSR count). The van der Waals surface area contributed by atoms with E-state index in [2.05, 4.69) is 9.97 Å². The lowest BCUT2D eigenvalue weighted by Crippen LogP contribution is -2.01. The zero-order valence-electron chi connectivity index (χ0n) is 12.0. The minimum atomic E-state index is -1.19. The van der Waals surface area contributed by atoms with Gasteiger partial charge in [-0.15, -0.1) is 0 Å². The second-order valence-electron chi connectivity index (χ2n) is 5.02. The number of pyridine rings is 1. The summed E-state index contributed by atoms with van der Waals surface area (Å²) in [6.45, 7) is -0.188. The first kappa shape index (κ1) is 15.5. The zero-order valence-corrected chi connectivity index (χ0v) is 12.7. The highest BCUT2D eigenvalue weighted by Crippen LogP contribution is 2.21. The number of aromatic carboxylic acids is 1. The Morgan fingerprint density at radius 3 is 2.87 bits per heavy atom. The normalized spacial score (nSPS) is 11.0. The van der Waals surface area contributed by atoms with Crippen molar-refractivity contribution < 1.29 is 19.4 Å². The summed E-state index contributed by atoms with van der Waals surface area (Å²) in [5.74, 6) is -1.12.